The van der Waals surface area contributed by atoms with Crippen LogP contribution in [0.4, 0.5) is 0 Å². The smallest absolute Gasteiger partial charge is 0.254 e. The van der Waals surface area contributed by atoms with Crippen LogP contribution in [0.1, 0.15) is 36.2 Å². The Morgan fingerprint density at radius 1 is 1.31 bits per heavy atom. The van der Waals surface area contributed by atoms with Gasteiger partial charge in [-0.1, -0.05) is 44.7 Å². The molecule has 1 unspecified atom stereocenters. The van der Waals surface area contributed by atoms with E-state index in [1.165, 1.54) is 0 Å². The normalized spacial score (nSPS) is 17.3. The van der Waals surface area contributed by atoms with Gasteiger partial charge in [-0.05, 0) is 36.1 Å². The first-order valence-electron chi connectivity index (χ1n) is 9.16. The third kappa shape index (κ3) is 4.20. The highest BCUT2D eigenvalue weighted by Gasteiger charge is 2.28. The van der Waals surface area contributed by atoms with Crippen LogP contribution in [0.3, 0.4) is 0 Å². The van der Waals surface area contributed by atoms with Crippen molar-refractivity contribution in [2.45, 2.75) is 26.3 Å². The van der Waals surface area contributed by atoms with Crippen LogP contribution in [0.25, 0.3) is 17.3 Å². The molecule has 2 heterocycles. The third-order valence-electron chi connectivity index (χ3n) is 4.68. The number of morpholine rings is 1. The lowest BCUT2D eigenvalue weighted by Gasteiger charge is -2.36. The van der Waals surface area contributed by atoms with Gasteiger partial charge in [0.1, 0.15) is 0 Å². The zero-order chi connectivity index (χ0) is 18.5. The van der Waals surface area contributed by atoms with Crippen LogP contribution < -0.4 is 0 Å². The van der Waals surface area contributed by atoms with Gasteiger partial charge in [0.2, 0.25) is 0 Å². The molecule has 2 aromatic rings. The highest BCUT2D eigenvalue weighted by molar-refractivity contribution is 5.95. The predicted molar refractivity (Wildman–Crippen MR) is 105 cm³/mol. The number of rotatable bonds is 5. The second kappa shape index (κ2) is 8.28. The molecule has 3 rings (SSSR count). The molecule has 136 valence electrons. The molecule has 0 aliphatic carbocycles. The Bertz CT molecular complexity index is 751. The van der Waals surface area contributed by atoms with Gasteiger partial charge in [0, 0.05) is 23.9 Å². The van der Waals surface area contributed by atoms with Gasteiger partial charge in [-0.2, -0.15) is 0 Å². The highest BCUT2D eigenvalue weighted by Crippen LogP contribution is 2.21. The van der Waals surface area contributed by atoms with Crippen molar-refractivity contribution in [3.8, 4) is 11.3 Å². The van der Waals surface area contributed by atoms with Crippen LogP contribution in [0, 0.1) is 5.92 Å². The fourth-order valence-electron chi connectivity index (χ4n) is 3.31. The van der Waals surface area contributed by atoms with E-state index in [-0.39, 0.29) is 11.9 Å². The molecule has 0 N–H and O–H groups in total. The van der Waals surface area contributed by atoms with Gasteiger partial charge >= 0.3 is 0 Å². The molecule has 1 amide bonds. The van der Waals surface area contributed by atoms with Gasteiger partial charge in [0.05, 0.1) is 24.9 Å². The topological polar surface area (TPSA) is 42.4 Å². The van der Waals surface area contributed by atoms with Gasteiger partial charge in [-0.15, -0.1) is 0 Å². The summed E-state index contributed by atoms with van der Waals surface area (Å²) in [5, 5.41) is 0. The van der Waals surface area contributed by atoms with Gasteiger partial charge < -0.3 is 9.64 Å². The molecular weight excluding hydrogens is 324 g/mol. The Morgan fingerprint density at radius 2 is 2.08 bits per heavy atom. The van der Waals surface area contributed by atoms with Crippen LogP contribution >= 0.6 is 0 Å². The maximum absolute atomic E-state index is 13.0. The highest BCUT2D eigenvalue weighted by atomic mass is 16.5. The molecule has 1 aliphatic heterocycles. The minimum Gasteiger partial charge on any atom is -0.377 e. The molecule has 1 fully saturated rings. The Balaban J connectivity index is 1.76. The molecule has 0 bridgehead atoms. The van der Waals surface area contributed by atoms with Crippen LogP contribution in [0.15, 0.2) is 49.2 Å². The summed E-state index contributed by atoms with van der Waals surface area (Å²) in [5.41, 5.74) is 3.59. The van der Waals surface area contributed by atoms with Crippen LogP contribution in [0.5, 0.6) is 0 Å². The molecule has 1 aromatic carbocycles. The summed E-state index contributed by atoms with van der Waals surface area (Å²) in [6.45, 7) is 9.99. The second-order valence-electron chi connectivity index (χ2n) is 7.12. The van der Waals surface area contributed by atoms with Gasteiger partial charge in [0.25, 0.3) is 5.91 Å². The number of pyridine rings is 1. The largest absolute Gasteiger partial charge is 0.377 e. The summed E-state index contributed by atoms with van der Waals surface area (Å²) in [6.07, 6.45) is 4.53. The summed E-state index contributed by atoms with van der Waals surface area (Å²) >= 11 is 0. The van der Waals surface area contributed by atoms with E-state index < -0.39 is 0 Å². The minimum absolute atomic E-state index is 0.0838. The quantitative estimate of drug-likeness (QED) is 0.808. The van der Waals surface area contributed by atoms with Gasteiger partial charge in [0.15, 0.2) is 0 Å². The van der Waals surface area contributed by atoms with E-state index in [1.807, 2.05) is 41.3 Å². The molecule has 0 spiro atoms. The number of hydrogen-bond acceptors (Lipinski definition) is 3. The molecule has 0 radical (unpaired) electrons. The number of ether oxygens (including phenoxy) is 1. The van der Waals surface area contributed by atoms with E-state index in [1.54, 1.807) is 12.3 Å². The predicted octanol–water partition coefficient (Wildman–Crippen LogP) is 4.28. The SMILES string of the molecule is C=Cc1ccc(-c2ccc(C(=O)N3CCOCC3CC(C)C)cc2)nc1. The van der Waals surface area contributed by atoms with Crippen molar-refractivity contribution in [1.29, 1.82) is 0 Å². The zero-order valence-electron chi connectivity index (χ0n) is 15.5. The van der Waals surface area contributed by atoms with Gasteiger partial charge in [-0.3, -0.25) is 9.78 Å². The fourth-order valence-corrected chi connectivity index (χ4v) is 3.31. The van der Waals surface area contributed by atoms with Crippen molar-refractivity contribution >= 4 is 12.0 Å². The lowest BCUT2D eigenvalue weighted by Crippen LogP contribution is -2.49. The zero-order valence-corrected chi connectivity index (χ0v) is 15.5. The number of nitrogens with zero attached hydrogens (tertiary/aromatic N) is 2. The summed E-state index contributed by atoms with van der Waals surface area (Å²) in [7, 11) is 0. The average Bonchev–Trinajstić information content (AvgIpc) is 2.68. The van der Waals surface area contributed by atoms with E-state index >= 15 is 0 Å². The number of carbonyl (C=O) groups is 1. The van der Waals surface area contributed by atoms with Crippen molar-refractivity contribution < 1.29 is 9.53 Å². The van der Waals surface area contributed by atoms with Crippen molar-refractivity contribution in [2.24, 2.45) is 5.92 Å². The van der Waals surface area contributed by atoms with Crippen molar-refractivity contribution in [2.75, 3.05) is 19.8 Å². The Morgan fingerprint density at radius 3 is 2.69 bits per heavy atom. The molecule has 1 aliphatic rings. The van der Waals surface area contributed by atoms with Crippen LogP contribution in [-0.2, 0) is 4.74 Å². The molecule has 1 atom stereocenters. The summed E-state index contributed by atoms with van der Waals surface area (Å²) < 4.78 is 5.59. The second-order valence-corrected chi connectivity index (χ2v) is 7.12. The first-order valence-corrected chi connectivity index (χ1v) is 9.16. The van der Waals surface area contributed by atoms with E-state index in [0.29, 0.717) is 31.2 Å². The first kappa shape index (κ1) is 18.3. The van der Waals surface area contributed by atoms with Crippen molar-refractivity contribution in [3.63, 3.8) is 0 Å². The number of carbonyl (C=O) groups excluding carboxylic acids is 1. The molecule has 0 saturated carbocycles. The van der Waals surface area contributed by atoms with E-state index in [0.717, 1.165) is 23.2 Å². The molecule has 1 aromatic heterocycles. The summed E-state index contributed by atoms with van der Waals surface area (Å²) in [6, 6.07) is 11.8. The van der Waals surface area contributed by atoms with Crippen LogP contribution in [0.2, 0.25) is 0 Å². The summed E-state index contributed by atoms with van der Waals surface area (Å²) in [5.74, 6) is 0.615. The van der Waals surface area contributed by atoms with Crippen LogP contribution in [-0.4, -0.2) is 41.6 Å². The lowest BCUT2D eigenvalue weighted by atomic mass is 10.0. The van der Waals surface area contributed by atoms with E-state index in [9.17, 15) is 4.79 Å². The number of benzene rings is 1. The molecule has 4 nitrogen and oxygen atoms in total. The average molecular weight is 350 g/mol. The molecule has 1 saturated heterocycles. The van der Waals surface area contributed by atoms with E-state index in [4.69, 9.17) is 4.74 Å². The van der Waals surface area contributed by atoms with E-state index in [2.05, 4.69) is 25.4 Å². The standard InChI is InChI=1S/C22H26N2O2/c1-4-17-5-10-21(23-14-17)18-6-8-19(9-7-18)22(25)24-11-12-26-15-20(24)13-16(2)3/h4-10,14,16,20H,1,11-13,15H2,2-3H3. The summed E-state index contributed by atoms with van der Waals surface area (Å²) in [4.78, 5) is 19.4. The molecule has 4 heteroatoms. The van der Waals surface area contributed by atoms with Crippen molar-refractivity contribution in [3.05, 3.63) is 60.3 Å². The number of amides is 1. The Labute approximate surface area is 155 Å². The monoisotopic (exact) mass is 350 g/mol. The van der Waals surface area contributed by atoms with Crippen molar-refractivity contribution in [1.82, 2.24) is 9.88 Å². The fraction of sp³-hybridized carbons (Fsp3) is 0.364. The maximum atomic E-state index is 13.0. The Kier molecular flexibility index (Phi) is 5.84. The molecular formula is C22H26N2O2. The third-order valence-corrected chi connectivity index (χ3v) is 4.68. The number of aromatic nitrogens is 1. The lowest BCUT2D eigenvalue weighted by molar-refractivity contribution is -0.00746. The Hall–Kier alpha value is -2.46. The van der Waals surface area contributed by atoms with Gasteiger partial charge in [-0.25, -0.2) is 0 Å². The minimum atomic E-state index is 0.0838. The molecule has 26 heavy (non-hydrogen) atoms. The first-order chi connectivity index (χ1) is 12.6. The maximum Gasteiger partial charge on any atom is 0.254 e. The number of hydrogen-bond donors (Lipinski definition) is 0.